The minimum absolute atomic E-state index is 0.0389. The van der Waals surface area contributed by atoms with Crippen molar-refractivity contribution >= 4 is 34.8 Å². The number of likely N-dealkylation sites (N-methyl/N-ethyl adjacent to an activating group) is 1. The van der Waals surface area contributed by atoms with E-state index in [1.54, 1.807) is 4.90 Å². The molecule has 5 rings (SSSR count). The van der Waals surface area contributed by atoms with E-state index < -0.39 is 0 Å². The zero-order chi connectivity index (χ0) is 24.5. The van der Waals surface area contributed by atoms with E-state index in [1.807, 2.05) is 50.4 Å². The van der Waals surface area contributed by atoms with Gasteiger partial charge in [0.1, 0.15) is 11.9 Å². The number of aromatic nitrogens is 1. The summed E-state index contributed by atoms with van der Waals surface area (Å²) < 4.78 is 0. The first-order valence-electron chi connectivity index (χ1n) is 12.8. The van der Waals surface area contributed by atoms with Crippen LogP contribution in [0.15, 0.2) is 36.4 Å². The minimum atomic E-state index is -0.232. The first-order valence-corrected chi connectivity index (χ1v) is 12.8. The number of nitrogens with zero attached hydrogens (tertiary/aromatic N) is 4. The highest BCUT2D eigenvalue weighted by atomic mass is 16.2. The quantitative estimate of drug-likeness (QED) is 0.684. The van der Waals surface area contributed by atoms with Crippen molar-refractivity contribution < 1.29 is 9.59 Å². The molecule has 1 aromatic heterocycles. The van der Waals surface area contributed by atoms with Gasteiger partial charge in [-0.2, -0.15) is 0 Å². The summed E-state index contributed by atoms with van der Waals surface area (Å²) >= 11 is 0. The van der Waals surface area contributed by atoms with Gasteiger partial charge in [0.2, 0.25) is 5.91 Å². The number of likely N-dealkylation sites (tertiary alicyclic amines) is 1. The third-order valence-corrected chi connectivity index (χ3v) is 7.73. The summed E-state index contributed by atoms with van der Waals surface area (Å²) in [5, 5.41) is 6.57. The van der Waals surface area contributed by atoms with Gasteiger partial charge < -0.3 is 25.3 Å². The normalized spacial score (nSPS) is 21.8. The Bertz CT molecular complexity index is 1090. The molecule has 35 heavy (non-hydrogen) atoms. The maximum absolute atomic E-state index is 12.9. The second kappa shape index (κ2) is 9.85. The molecule has 2 amide bonds. The van der Waals surface area contributed by atoms with Crippen molar-refractivity contribution in [3.05, 3.63) is 42.0 Å². The molecule has 2 fully saturated rings. The fourth-order valence-corrected chi connectivity index (χ4v) is 5.64. The number of amides is 2. The maximum atomic E-state index is 12.9. The number of carbonyl (C=O) groups is 2. The molecule has 1 aliphatic carbocycles. The predicted octanol–water partition coefficient (Wildman–Crippen LogP) is 3.76. The van der Waals surface area contributed by atoms with E-state index in [9.17, 15) is 9.59 Å². The van der Waals surface area contributed by atoms with E-state index in [2.05, 4.69) is 27.5 Å². The fourth-order valence-electron chi connectivity index (χ4n) is 5.64. The zero-order valence-corrected chi connectivity index (χ0v) is 21.0. The predicted molar refractivity (Wildman–Crippen MR) is 140 cm³/mol. The molecule has 1 aromatic carbocycles. The molecule has 0 bridgehead atoms. The molecule has 2 aliphatic heterocycles. The maximum Gasteiger partial charge on any atom is 0.251 e. The van der Waals surface area contributed by atoms with Crippen LogP contribution in [-0.4, -0.2) is 67.0 Å². The van der Waals surface area contributed by atoms with Crippen molar-refractivity contribution in [1.82, 2.24) is 15.2 Å². The van der Waals surface area contributed by atoms with Gasteiger partial charge in [-0.3, -0.25) is 9.59 Å². The van der Waals surface area contributed by atoms with Crippen LogP contribution in [0.3, 0.4) is 0 Å². The molecule has 8 heteroatoms. The molecule has 186 valence electrons. The molecular weight excluding hydrogens is 440 g/mol. The van der Waals surface area contributed by atoms with Gasteiger partial charge in [0.25, 0.3) is 5.91 Å². The van der Waals surface area contributed by atoms with Crippen molar-refractivity contribution in [3.8, 4) is 0 Å². The van der Waals surface area contributed by atoms with Crippen LogP contribution >= 0.6 is 0 Å². The van der Waals surface area contributed by atoms with Crippen molar-refractivity contribution in [3.63, 3.8) is 0 Å². The topological polar surface area (TPSA) is 80.8 Å². The third kappa shape index (κ3) is 4.85. The van der Waals surface area contributed by atoms with E-state index in [0.29, 0.717) is 17.4 Å². The minimum Gasteiger partial charge on any atom is -0.349 e. The number of hydrogen-bond donors (Lipinski definition) is 2. The highest BCUT2D eigenvalue weighted by molar-refractivity contribution is 6.04. The zero-order valence-electron chi connectivity index (χ0n) is 21.0. The molecular formula is C27H36N6O2. The van der Waals surface area contributed by atoms with E-state index in [0.717, 1.165) is 56.0 Å². The average molecular weight is 477 g/mol. The molecule has 8 nitrogen and oxygen atoms in total. The van der Waals surface area contributed by atoms with E-state index in [-0.39, 0.29) is 23.9 Å². The van der Waals surface area contributed by atoms with Crippen molar-refractivity contribution in [2.24, 2.45) is 0 Å². The monoisotopic (exact) mass is 476 g/mol. The number of fused-ring (bicyclic) bond motifs is 1. The molecule has 0 unspecified atom stereocenters. The summed E-state index contributed by atoms with van der Waals surface area (Å²) in [7, 11) is 3.94. The standard InChI is InChI=1S/C27H36N6O2/c1-18-27(35)32(3)23-11-12-24(30-25(23)33(18)22-9-4-5-10-22)28-21-8-6-7-19(17-21)26(34)29-20-13-15-31(2)16-14-20/h6-8,11-12,17-18,20,22H,4-5,9-10,13-16H2,1-3H3,(H,28,30)(H,29,34)/t18-/m0/s1. The number of nitrogens with one attached hydrogen (secondary N) is 2. The van der Waals surface area contributed by atoms with Crippen LogP contribution in [0.25, 0.3) is 0 Å². The van der Waals surface area contributed by atoms with Gasteiger partial charge in [0.05, 0.1) is 5.69 Å². The average Bonchev–Trinajstić information content (AvgIpc) is 3.39. The summed E-state index contributed by atoms with van der Waals surface area (Å²) in [4.78, 5) is 37.0. The van der Waals surface area contributed by atoms with Crippen LogP contribution in [0.1, 0.15) is 55.8 Å². The number of rotatable bonds is 5. The smallest absolute Gasteiger partial charge is 0.251 e. The Morgan fingerprint density at radius 1 is 1.03 bits per heavy atom. The van der Waals surface area contributed by atoms with Crippen LogP contribution in [0.5, 0.6) is 0 Å². The molecule has 1 saturated carbocycles. The van der Waals surface area contributed by atoms with Crippen LogP contribution in [0.2, 0.25) is 0 Å². The Morgan fingerprint density at radius 2 is 1.77 bits per heavy atom. The molecule has 2 aromatic rings. The van der Waals surface area contributed by atoms with Crippen LogP contribution in [-0.2, 0) is 4.79 Å². The lowest BCUT2D eigenvalue weighted by Gasteiger charge is -2.42. The lowest BCUT2D eigenvalue weighted by Crippen LogP contribution is -2.54. The van der Waals surface area contributed by atoms with Gasteiger partial charge in [-0.15, -0.1) is 0 Å². The summed E-state index contributed by atoms with van der Waals surface area (Å²) in [6.07, 6.45) is 6.52. The molecule has 0 radical (unpaired) electrons. The van der Waals surface area contributed by atoms with Gasteiger partial charge in [-0.25, -0.2) is 4.98 Å². The largest absolute Gasteiger partial charge is 0.349 e. The SMILES string of the molecule is C[C@H]1C(=O)N(C)c2ccc(Nc3cccc(C(=O)NC4CCN(C)CC4)c3)nc2N1C1CCCC1. The second-order valence-electron chi connectivity index (χ2n) is 10.2. The highest BCUT2D eigenvalue weighted by Gasteiger charge is 2.39. The van der Waals surface area contributed by atoms with Crippen LogP contribution < -0.4 is 20.4 Å². The highest BCUT2D eigenvalue weighted by Crippen LogP contribution is 2.39. The number of hydrogen-bond acceptors (Lipinski definition) is 6. The third-order valence-electron chi connectivity index (χ3n) is 7.73. The number of pyridine rings is 1. The Labute approximate surface area is 207 Å². The molecule has 0 spiro atoms. The van der Waals surface area contributed by atoms with Gasteiger partial charge in [0.15, 0.2) is 5.82 Å². The molecule has 2 N–H and O–H groups in total. The molecule has 1 atom stereocenters. The second-order valence-corrected chi connectivity index (χ2v) is 10.2. The van der Waals surface area contributed by atoms with E-state index >= 15 is 0 Å². The van der Waals surface area contributed by atoms with Crippen LogP contribution in [0, 0.1) is 0 Å². The first-order chi connectivity index (χ1) is 16.9. The van der Waals surface area contributed by atoms with Gasteiger partial charge >= 0.3 is 0 Å². The Morgan fingerprint density at radius 3 is 2.51 bits per heavy atom. The van der Waals surface area contributed by atoms with Crippen molar-refractivity contribution in [1.29, 1.82) is 0 Å². The number of carbonyl (C=O) groups excluding carboxylic acids is 2. The fraction of sp³-hybridized carbons (Fsp3) is 0.519. The van der Waals surface area contributed by atoms with Gasteiger partial charge in [-0.1, -0.05) is 18.9 Å². The Hall–Kier alpha value is -3.13. The van der Waals surface area contributed by atoms with Crippen molar-refractivity contribution in [2.45, 2.75) is 63.6 Å². The lowest BCUT2D eigenvalue weighted by molar-refractivity contribution is -0.119. The Kier molecular flexibility index (Phi) is 6.65. The Balaban J connectivity index is 1.35. The first kappa shape index (κ1) is 23.6. The van der Waals surface area contributed by atoms with Gasteiger partial charge in [0, 0.05) is 30.4 Å². The summed E-state index contributed by atoms with van der Waals surface area (Å²) in [5.74, 6) is 1.63. The van der Waals surface area contributed by atoms with E-state index in [1.165, 1.54) is 12.8 Å². The van der Waals surface area contributed by atoms with Crippen LogP contribution in [0.4, 0.5) is 23.0 Å². The number of benzene rings is 1. The summed E-state index contributed by atoms with van der Waals surface area (Å²) in [6.45, 7) is 4.00. The van der Waals surface area contributed by atoms with E-state index in [4.69, 9.17) is 4.98 Å². The van der Waals surface area contributed by atoms with Crippen molar-refractivity contribution in [2.75, 3.05) is 42.3 Å². The number of piperidine rings is 1. The molecule has 3 heterocycles. The lowest BCUT2D eigenvalue weighted by atomic mass is 10.0. The molecule has 3 aliphatic rings. The van der Waals surface area contributed by atoms with Gasteiger partial charge in [-0.05, 0) is 83.1 Å². The molecule has 1 saturated heterocycles. The summed E-state index contributed by atoms with van der Waals surface area (Å²) in [5.41, 5.74) is 2.30. The summed E-state index contributed by atoms with van der Waals surface area (Å²) in [6, 6.07) is 11.8. The number of anilines is 4.